The normalized spacial score (nSPS) is 26.2. The zero-order valence-corrected chi connectivity index (χ0v) is 17.9. The average molecular weight is 458 g/mol. The van der Waals surface area contributed by atoms with E-state index in [1.165, 1.54) is 31.4 Å². The van der Waals surface area contributed by atoms with Crippen molar-refractivity contribution in [2.24, 2.45) is 0 Å². The number of ether oxygens (including phenoxy) is 4. The van der Waals surface area contributed by atoms with Crippen LogP contribution in [0, 0.1) is 5.82 Å². The highest BCUT2D eigenvalue weighted by Gasteiger charge is 2.51. The van der Waals surface area contributed by atoms with Crippen molar-refractivity contribution in [2.75, 3.05) is 26.1 Å². The van der Waals surface area contributed by atoms with Gasteiger partial charge >= 0.3 is 6.03 Å². The van der Waals surface area contributed by atoms with E-state index >= 15 is 0 Å². The number of aliphatic hydroxyl groups excluding tert-OH is 1. The van der Waals surface area contributed by atoms with Crippen molar-refractivity contribution in [3.05, 3.63) is 48.5 Å². The minimum atomic E-state index is -1.04. The molecule has 3 aromatic rings. The maximum atomic E-state index is 13.1. The maximum Gasteiger partial charge on any atom is 0.319 e. The number of aliphatic hydroxyl groups is 1. The number of fused-ring (bicyclic) bond motifs is 3. The van der Waals surface area contributed by atoms with Gasteiger partial charge in [-0.15, -0.1) is 0 Å². The number of anilines is 1. The number of benzene rings is 2. The van der Waals surface area contributed by atoms with E-state index in [0.717, 1.165) is 0 Å². The Balaban J connectivity index is 1.41. The number of carbonyl (C=O) groups excluding carboxylic acids is 1. The molecule has 5 atom stereocenters. The predicted octanol–water partition coefficient (Wildman–Crippen LogP) is 2.04. The zero-order chi connectivity index (χ0) is 23.1. The van der Waals surface area contributed by atoms with Crippen LogP contribution in [-0.4, -0.2) is 66.1 Å². The van der Waals surface area contributed by atoms with Crippen molar-refractivity contribution < 1.29 is 33.2 Å². The molecule has 10 nitrogen and oxygen atoms in total. The first-order valence-electron chi connectivity index (χ1n) is 10.3. The molecule has 11 heteroatoms. The van der Waals surface area contributed by atoms with Gasteiger partial charge in [-0.3, -0.25) is 0 Å². The monoisotopic (exact) mass is 458 g/mol. The molecule has 2 amide bonds. The van der Waals surface area contributed by atoms with Crippen LogP contribution in [0.2, 0.25) is 0 Å². The summed E-state index contributed by atoms with van der Waals surface area (Å²) in [4.78, 5) is 17.0. The van der Waals surface area contributed by atoms with Crippen molar-refractivity contribution in [3.8, 4) is 11.5 Å². The zero-order valence-electron chi connectivity index (χ0n) is 17.9. The predicted molar refractivity (Wildman–Crippen MR) is 115 cm³/mol. The third kappa shape index (κ3) is 3.84. The lowest BCUT2D eigenvalue weighted by Crippen LogP contribution is -2.59. The first-order valence-corrected chi connectivity index (χ1v) is 10.3. The van der Waals surface area contributed by atoms with Gasteiger partial charge in [0.15, 0.2) is 17.8 Å². The van der Waals surface area contributed by atoms with Gasteiger partial charge in [0.1, 0.15) is 24.1 Å². The summed E-state index contributed by atoms with van der Waals surface area (Å²) >= 11 is 0. The number of methoxy groups -OCH3 is 2. The number of aromatic nitrogens is 2. The minimum Gasteiger partial charge on any atom is -0.493 e. The summed E-state index contributed by atoms with van der Waals surface area (Å²) in [7, 11) is 3.08. The van der Waals surface area contributed by atoms with Crippen LogP contribution in [0.3, 0.4) is 0 Å². The fraction of sp³-hybridized carbons (Fsp3) is 0.364. The second-order valence-electron chi connectivity index (χ2n) is 7.84. The molecule has 174 valence electrons. The number of nitrogens with zero attached hydrogens (tertiary/aromatic N) is 2. The summed E-state index contributed by atoms with van der Waals surface area (Å²) in [6.07, 6.45) is -0.697. The van der Waals surface area contributed by atoms with Gasteiger partial charge in [-0.1, -0.05) is 0 Å². The molecule has 1 aromatic heterocycles. The minimum absolute atomic E-state index is 0.212. The van der Waals surface area contributed by atoms with Crippen molar-refractivity contribution in [1.82, 2.24) is 14.9 Å². The molecule has 2 saturated heterocycles. The van der Waals surface area contributed by atoms with Crippen molar-refractivity contribution in [2.45, 2.75) is 30.6 Å². The number of nitrogens with one attached hydrogen (secondary N) is 2. The van der Waals surface area contributed by atoms with E-state index < -0.39 is 42.4 Å². The molecule has 33 heavy (non-hydrogen) atoms. The number of hydrogen-bond acceptors (Lipinski definition) is 7. The molecule has 2 aliphatic heterocycles. The van der Waals surface area contributed by atoms with Crippen molar-refractivity contribution in [3.63, 3.8) is 0 Å². The molecule has 0 saturated carbocycles. The third-order valence-electron chi connectivity index (χ3n) is 5.93. The van der Waals surface area contributed by atoms with E-state index in [2.05, 4.69) is 15.6 Å². The van der Waals surface area contributed by atoms with E-state index in [1.54, 1.807) is 30.1 Å². The van der Waals surface area contributed by atoms with Crippen LogP contribution in [-0.2, 0) is 9.47 Å². The summed E-state index contributed by atoms with van der Waals surface area (Å²) in [5, 5.41) is 16.7. The second-order valence-corrected chi connectivity index (χ2v) is 7.84. The lowest BCUT2D eigenvalue weighted by molar-refractivity contribution is -0.162. The lowest BCUT2D eigenvalue weighted by atomic mass is 9.95. The number of rotatable bonds is 5. The van der Waals surface area contributed by atoms with Crippen LogP contribution in [0.5, 0.6) is 11.5 Å². The summed E-state index contributed by atoms with van der Waals surface area (Å²) < 4.78 is 37.3. The molecule has 0 aliphatic carbocycles. The van der Waals surface area contributed by atoms with E-state index in [-0.39, 0.29) is 6.61 Å². The Morgan fingerprint density at radius 3 is 2.67 bits per heavy atom. The van der Waals surface area contributed by atoms with Gasteiger partial charge in [0, 0.05) is 17.8 Å². The van der Waals surface area contributed by atoms with Crippen molar-refractivity contribution >= 4 is 22.8 Å². The summed E-state index contributed by atoms with van der Waals surface area (Å²) in [5.74, 6) is 0.636. The second kappa shape index (κ2) is 8.50. The smallest absolute Gasteiger partial charge is 0.319 e. The Bertz CT molecular complexity index is 1170. The molecule has 2 aromatic carbocycles. The number of imidazole rings is 1. The van der Waals surface area contributed by atoms with Gasteiger partial charge in [-0.05, 0) is 24.3 Å². The Morgan fingerprint density at radius 1 is 1.21 bits per heavy atom. The van der Waals surface area contributed by atoms with Gasteiger partial charge in [0.2, 0.25) is 0 Å². The summed E-state index contributed by atoms with van der Waals surface area (Å²) in [6.45, 7) is 0.212. The fourth-order valence-electron chi connectivity index (χ4n) is 4.32. The van der Waals surface area contributed by atoms with Gasteiger partial charge in [0.05, 0.1) is 44.2 Å². The Kier molecular flexibility index (Phi) is 5.52. The SMILES string of the molecule is COc1cc2ncn([C@H]3[C@@H]4OC[C@@H](O4)[C@@H](NC(=O)Nc4ccc(F)cc4)[C@@H]3O)c2cc1OC. The molecular weight excluding hydrogens is 435 g/mol. The number of amides is 2. The van der Waals surface area contributed by atoms with Gasteiger partial charge < -0.3 is 39.3 Å². The first-order chi connectivity index (χ1) is 16.0. The molecule has 0 spiro atoms. The van der Waals surface area contributed by atoms with Gasteiger partial charge in [-0.2, -0.15) is 0 Å². The molecule has 2 bridgehead atoms. The largest absolute Gasteiger partial charge is 0.493 e. The number of halogens is 1. The molecular formula is C22H23FN4O6. The Labute approximate surface area is 188 Å². The average Bonchev–Trinajstić information content (AvgIpc) is 3.43. The number of carbonyl (C=O) groups is 1. The van der Waals surface area contributed by atoms with Crippen LogP contribution in [0.25, 0.3) is 11.0 Å². The number of urea groups is 1. The van der Waals surface area contributed by atoms with Crippen molar-refractivity contribution in [1.29, 1.82) is 0 Å². The van der Waals surface area contributed by atoms with E-state index in [9.17, 15) is 14.3 Å². The van der Waals surface area contributed by atoms with Crippen LogP contribution >= 0.6 is 0 Å². The van der Waals surface area contributed by atoms with Crippen LogP contribution in [0.4, 0.5) is 14.9 Å². The highest BCUT2D eigenvalue weighted by Crippen LogP contribution is 2.39. The molecule has 3 heterocycles. The third-order valence-corrected chi connectivity index (χ3v) is 5.93. The fourth-order valence-corrected chi connectivity index (χ4v) is 4.32. The molecule has 5 rings (SSSR count). The number of hydrogen-bond donors (Lipinski definition) is 3. The molecule has 3 N–H and O–H groups in total. The molecule has 2 aliphatic rings. The Morgan fingerprint density at radius 2 is 1.94 bits per heavy atom. The summed E-state index contributed by atoms with van der Waals surface area (Å²) in [5.41, 5.74) is 1.74. The summed E-state index contributed by atoms with van der Waals surface area (Å²) in [6, 6.07) is 6.89. The standard InChI is InChI=1S/C22H23FN4O6/c1-30-15-7-13-14(8-16(15)31-2)27(10-24-13)19-20(28)18(17-9-32-21(19)33-17)26-22(29)25-12-5-3-11(23)4-6-12/h3-8,10,17-21,28H,9H2,1-2H3,(H2,25,26,29)/t17-,18-,19-,20+,21-/m1/s1. The molecule has 0 unspecified atom stereocenters. The molecule has 2 fully saturated rings. The maximum absolute atomic E-state index is 13.1. The highest BCUT2D eigenvalue weighted by molar-refractivity contribution is 5.89. The van der Waals surface area contributed by atoms with Gasteiger partial charge in [-0.25, -0.2) is 14.2 Å². The van der Waals surface area contributed by atoms with Gasteiger partial charge in [0.25, 0.3) is 0 Å². The quantitative estimate of drug-likeness (QED) is 0.536. The van der Waals surface area contributed by atoms with Crippen LogP contribution < -0.4 is 20.1 Å². The van der Waals surface area contributed by atoms with E-state index in [1.807, 2.05) is 0 Å². The molecule has 0 radical (unpaired) electrons. The topological polar surface area (TPSA) is 116 Å². The first kappa shape index (κ1) is 21.4. The van der Waals surface area contributed by atoms with E-state index in [4.69, 9.17) is 18.9 Å². The Hall–Kier alpha value is -3.41. The van der Waals surface area contributed by atoms with Crippen LogP contribution in [0.1, 0.15) is 6.04 Å². The van der Waals surface area contributed by atoms with Crippen LogP contribution in [0.15, 0.2) is 42.7 Å². The highest BCUT2D eigenvalue weighted by atomic mass is 19.1. The van der Waals surface area contributed by atoms with E-state index in [0.29, 0.717) is 28.2 Å². The lowest BCUT2D eigenvalue weighted by Gasteiger charge is -2.39.